The molecule has 2 aromatic carbocycles. The molecule has 29 heavy (non-hydrogen) atoms. The van der Waals surface area contributed by atoms with Crippen molar-refractivity contribution in [1.29, 1.82) is 0 Å². The fraction of sp³-hybridized carbons (Fsp3) is 0.143. The summed E-state index contributed by atoms with van der Waals surface area (Å²) >= 11 is 1.37. The van der Waals surface area contributed by atoms with Crippen LogP contribution in [0.3, 0.4) is 0 Å². The molecule has 0 radical (unpaired) electrons. The summed E-state index contributed by atoms with van der Waals surface area (Å²) in [4.78, 5) is 17.4. The first kappa shape index (κ1) is 18.8. The van der Waals surface area contributed by atoms with Crippen LogP contribution in [0.5, 0.6) is 5.75 Å². The highest BCUT2D eigenvalue weighted by Gasteiger charge is 2.32. The Morgan fingerprint density at radius 3 is 2.62 bits per heavy atom. The summed E-state index contributed by atoms with van der Waals surface area (Å²) < 4.78 is 5.42. The molecule has 0 fully saturated rings. The molecule has 0 aliphatic carbocycles. The van der Waals surface area contributed by atoms with Crippen LogP contribution < -0.4 is 15.2 Å². The maximum Gasteiger partial charge on any atom is 0.303 e. The first-order valence-electron chi connectivity index (χ1n) is 9.13. The highest BCUT2D eigenvalue weighted by Crippen LogP contribution is 2.29. The molecule has 0 spiro atoms. The summed E-state index contributed by atoms with van der Waals surface area (Å²) in [7, 11) is 0. The Hall–Kier alpha value is -3.52. The maximum atomic E-state index is 12.8. The number of carbonyl (C=O) groups excluding carboxylic acids is 1. The molecule has 1 aliphatic rings. The number of rotatable bonds is 6. The average Bonchev–Trinajstić information content (AvgIpc) is 3.34. The molecule has 0 bridgehead atoms. The number of hydrazone groups is 2. The molecule has 3 aromatic rings. The third-order valence-corrected chi connectivity index (χ3v) is 5.01. The van der Waals surface area contributed by atoms with Gasteiger partial charge in [0.15, 0.2) is 5.71 Å². The third-order valence-electron chi connectivity index (χ3n) is 4.19. The predicted octanol–water partition coefficient (Wildman–Crippen LogP) is 4.40. The second-order valence-electron chi connectivity index (χ2n) is 6.21. The van der Waals surface area contributed by atoms with Gasteiger partial charge < -0.3 is 4.74 Å². The van der Waals surface area contributed by atoms with Crippen LogP contribution in [-0.4, -0.2) is 28.9 Å². The number of hydrogen-bond acceptors (Lipinski definition) is 7. The Bertz CT molecular complexity index is 1070. The number of nitrogens with zero attached hydrogens (tertiary/aromatic N) is 4. The number of benzene rings is 2. The van der Waals surface area contributed by atoms with Crippen LogP contribution in [0.4, 0.5) is 10.8 Å². The van der Waals surface area contributed by atoms with E-state index in [4.69, 9.17) is 4.74 Å². The Morgan fingerprint density at radius 1 is 1.14 bits per heavy atom. The minimum absolute atomic E-state index is 0.260. The standard InChI is InChI=1S/C21H19N5O2S/c1-3-28-17-11-9-16(10-12-17)23-24-19-14(2)25-26(20(19)27)21-22-18(13-29-21)15-7-5-4-6-8-15/h4-13,23H,3H2,1-2H3/b24-19-. The van der Waals surface area contributed by atoms with Gasteiger partial charge in [0, 0.05) is 10.9 Å². The second-order valence-corrected chi connectivity index (χ2v) is 7.05. The van der Waals surface area contributed by atoms with E-state index in [1.165, 1.54) is 16.3 Å². The lowest BCUT2D eigenvalue weighted by Crippen LogP contribution is -2.27. The van der Waals surface area contributed by atoms with E-state index in [0.29, 0.717) is 17.5 Å². The fourth-order valence-corrected chi connectivity index (χ4v) is 3.55. The van der Waals surface area contributed by atoms with Crippen molar-refractivity contribution < 1.29 is 9.53 Å². The van der Waals surface area contributed by atoms with Crippen molar-refractivity contribution in [3.05, 3.63) is 60.0 Å². The van der Waals surface area contributed by atoms with Crippen LogP contribution >= 0.6 is 11.3 Å². The summed E-state index contributed by atoms with van der Waals surface area (Å²) in [5.74, 6) is 0.472. The summed E-state index contributed by atoms with van der Waals surface area (Å²) in [6.45, 7) is 4.29. The van der Waals surface area contributed by atoms with E-state index in [1.807, 2.05) is 66.9 Å². The zero-order chi connectivity index (χ0) is 20.2. The molecular weight excluding hydrogens is 386 g/mol. The van der Waals surface area contributed by atoms with Gasteiger partial charge in [-0.2, -0.15) is 15.2 Å². The van der Waals surface area contributed by atoms with E-state index in [-0.39, 0.29) is 11.6 Å². The average molecular weight is 405 g/mol. The van der Waals surface area contributed by atoms with Crippen LogP contribution in [0.25, 0.3) is 11.3 Å². The number of anilines is 2. The van der Waals surface area contributed by atoms with E-state index < -0.39 is 0 Å². The number of nitrogens with one attached hydrogen (secondary N) is 1. The Kier molecular flexibility index (Phi) is 5.35. The van der Waals surface area contributed by atoms with Crippen molar-refractivity contribution in [3.63, 3.8) is 0 Å². The fourth-order valence-electron chi connectivity index (χ4n) is 2.77. The first-order valence-corrected chi connectivity index (χ1v) is 10.0. The largest absolute Gasteiger partial charge is 0.494 e. The molecule has 4 rings (SSSR count). The highest BCUT2D eigenvalue weighted by atomic mass is 32.1. The number of ether oxygens (including phenoxy) is 1. The van der Waals surface area contributed by atoms with Crippen molar-refractivity contribution in [1.82, 2.24) is 4.98 Å². The molecule has 7 nitrogen and oxygen atoms in total. The molecule has 1 aromatic heterocycles. The van der Waals surface area contributed by atoms with Gasteiger partial charge in [-0.05, 0) is 38.1 Å². The first-order chi connectivity index (χ1) is 14.2. The molecular formula is C21H19N5O2S. The van der Waals surface area contributed by atoms with E-state index >= 15 is 0 Å². The van der Waals surface area contributed by atoms with Gasteiger partial charge in [-0.1, -0.05) is 30.3 Å². The van der Waals surface area contributed by atoms with Gasteiger partial charge in [0.1, 0.15) is 5.75 Å². The van der Waals surface area contributed by atoms with Crippen LogP contribution in [0.15, 0.2) is 70.2 Å². The van der Waals surface area contributed by atoms with Crippen molar-refractivity contribution in [3.8, 4) is 17.0 Å². The Labute approximate surface area is 172 Å². The molecule has 0 saturated heterocycles. The molecule has 0 saturated carbocycles. The van der Waals surface area contributed by atoms with Crippen LogP contribution in [-0.2, 0) is 4.79 Å². The molecule has 146 valence electrons. The Balaban J connectivity index is 1.49. The topological polar surface area (TPSA) is 79.2 Å². The molecule has 2 heterocycles. The maximum absolute atomic E-state index is 12.8. The molecule has 1 aliphatic heterocycles. The smallest absolute Gasteiger partial charge is 0.303 e. The van der Waals surface area contributed by atoms with Crippen molar-refractivity contribution in [2.75, 3.05) is 17.0 Å². The zero-order valence-electron chi connectivity index (χ0n) is 16.0. The lowest BCUT2D eigenvalue weighted by molar-refractivity contribution is -0.112. The monoisotopic (exact) mass is 405 g/mol. The summed E-state index contributed by atoms with van der Waals surface area (Å²) in [6.07, 6.45) is 0. The Morgan fingerprint density at radius 2 is 1.90 bits per heavy atom. The second kappa shape index (κ2) is 8.24. The number of hydrogen-bond donors (Lipinski definition) is 1. The van der Waals surface area contributed by atoms with Crippen molar-refractivity contribution in [2.45, 2.75) is 13.8 Å². The predicted molar refractivity (Wildman–Crippen MR) is 117 cm³/mol. The van der Waals surface area contributed by atoms with Gasteiger partial charge in [-0.15, -0.1) is 11.3 Å². The molecule has 0 unspecified atom stereocenters. The zero-order valence-corrected chi connectivity index (χ0v) is 16.8. The van der Waals surface area contributed by atoms with Gasteiger partial charge in [-0.3, -0.25) is 10.2 Å². The normalized spacial score (nSPS) is 15.0. The number of aromatic nitrogens is 1. The number of carbonyl (C=O) groups is 1. The van der Waals surface area contributed by atoms with Crippen LogP contribution in [0.2, 0.25) is 0 Å². The van der Waals surface area contributed by atoms with E-state index in [1.54, 1.807) is 6.92 Å². The molecule has 1 N–H and O–H groups in total. The number of thiazole rings is 1. The number of amides is 1. The van der Waals surface area contributed by atoms with E-state index in [9.17, 15) is 4.79 Å². The summed E-state index contributed by atoms with van der Waals surface area (Å²) in [5, 5.41) is 12.3. The quantitative estimate of drug-likeness (QED) is 0.617. The van der Waals surface area contributed by atoms with Gasteiger partial charge in [0.05, 0.1) is 23.7 Å². The molecule has 0 atom stereocenters. The van der Waals surface area contributed by atoms with Gasteiger partial charge >= 0.3 is 5.91 Å². The van der Waals surface area contributed by atoms with Crippen LogP contribution in [0, 0.1) is 0 Å². The third kappa shape index (κ3) is 4.02. The van der Waals surface area contributed by atoms with Gasteiger partial charge in [0.2, 0.25) is 5.13 Å². The van der Waals surface area contributed by atoms with Crippen LogP contribution in [0.1, 0.15) is 13.8 Å². The summed E-state index contributed by atoms with van der Waals surface area (Å²) in [6, 6.07) is 17.2. The van der Waals surface area contributed by atoms with Gasteiger partial charge in [0.25, 0.3) is 0 Å². The van der Waals surface area contributed by atoms with Gasteiger partial charge in [-0.25, -0.2) is 4.98 Å². The van der Waals surface area contributed by atoms with Crippen molar-refractivity contribution >= 4 is 39.5 Å². The summed E-state index contributed by atoms with van der Waals surface area (Å²) in [5.41, 5.74) is 6.25. The molecule has 8 heteroatoms. The highest BCUT2D eigenvalue weighted by molar-refractivity contribution is 7.14. The van der Waals surface area contributed by atoms with E-state index in [0.717, 1.165) is 22.7 Å². The van der Waals surface area contributed by atoms with Crippen molar-refractivity contribution in [2.24, 2.45) is 10.2 Å². The minimum atomic E-state index is -0.310. The van der Waals surface area contributed by atoms with E-state index in [2.05, 4.69) is 20.6 Å². The lowest BCUT2D eigenvalue weighted by Gasteiger charge is -2.07. The lowest BCUT2D eigenvalue weighted by atomic mass is 10.2. The SMILES string of the molecule is CCOc1ccc(N/N=C2\C(=O)N(c3nc(-c4ccccc4)cs3)N=C2C)cc1. The minimum Gasteiger partial charge on any atom is -0.494 e. The molecule has 1 amide bonds.